The zero-order chi connectivity index (χ0) is 34.8. The van der Waals surface area contributed by atoms with E-state index in [1.165, 1.54) is 43.1 Å². The number of ether oxygens (including phenoxy) is 1. The van der Waals surface area contributed by atoms with Gasteiger partial charge in [0.15, 0.2) is 0 Å². The molecule has 11 heteroatoms. The predicted molar refractivity (Wildman–Crippen MR) is 189 cm³/mol. The van der Waals surface area contributed by atoms with E-state index in [9.17, 15) is 29.4 Å². The molecule has 5 aromatic carbocycles. The highest BCUT2D eigenvalue weighted by Gasteiger charge is 2.24. The van der Waals surface area contributed by atoms with Gasteiger partial charge in [-0.05, 0) is 66.2 Å². The molecule has 0 fully saturated rings. The van der Waals surface area contributed by atoms with Crippen LogP contribution >= 0.6 is 11.8 Å². The molecule has 0 aliphatic heterocycles. The number of para-hydroxylation sites is 1. The van der Waals surface area contributed by atoms with E-state index in [1.807, 2.05) is 6.07 Å². The van der Waals surface area contributed by atoms with E-state index >= 15 is 0 Å². The number of aromatic carboxylic acids is 1. The SMILES string of the molecule is COc1ccccc1/C=C(/NC(=O)c1ccccc1)C(=O)Nc1cccc(SC(C(=O)Nc2ccc(O)c(C(=O)O)c2)c2ccccc2)c1. The van der Waals surface area contributed by atoms with Crippen LogP contribution in [0.3, 0.4) is 0 Å². The molecular formula is C38H31N3O7S. The van der Waals surface area contributed by atoms with E-state index < -0.39 is 34.7 Å². The number of phenols is 1. The number of hydrogen-bond donors (Lipinski definition) is 5. The lowest BCUT2D eigenvalue weighted by molar-refractivity contribution is -0.116. The minimum absolute atomic E-state index is 0.0208. The number of aromatic hydroxyl groups is 1. The molecule has 0 aromatic heterocycles. The number of carbonyl (C=O) groups excluding carboxylic acids is 3. The van der Waals surface area contributed by atoms with Crippen LogP contribution < -0.4 is 20.7 Å². The Balaban J connectivity index is 1.40. The quantitative estimate of drug-likeness (QED) is 0.0540. The van der Waals surface area contributed by atoms with Gasteiger partial charge in [-0.3, -0.25) is 14.4 Å². The van der Waals surface area contributed by atoms with E-state index in [0.29, 0.717) is 33.0 Å². The number of nitrogens with one attached hydrogen (secondary N) is 3. The van der Waals surface area contributed by atoms with Crippen molar-refractivity contribution in [2.24, 2.45) is 0 Å². The minimum Gasteiger partial charge on any atom is -0.507 e. The molecule has 5 aromatic rings. The number of carboxylic acid groups (broad SMARTS) is 1. The van der Waals surface area contributed by atoms with Crippen molar-refractivity contribution in [1.82, 2.24) is 5.32 Å². The minimum atomic E-state index is -1.33. The fourth-order valence-corrected chi connectivity index (χ4v) is 5.84. The maximum atomic E-state index is 13.7. The van der Waals surface area contributed by atoms with Gasteiger partial charge in [-0.1, -0.05) is 72.8 Å². The molecule has 0 radical (unpaired) electrons. The Hall–Kier alpha value is -6.33. The smallest absolute Gasteiger partial charge is 0.339 e. The van der Waals surface area contributed by atoms with E-state index in [0.717, 1.165) is 0 Å². The van der Waals surface area contributed by atoms with Crippen LogP contribution in [0.15, 0.2) is 138 Å². The molecule has 10 nitrogen and oxygen atoms in total. The second kappa shape index (κ2) is 16.0. The van der Waals surface area contributed by atoms with E-state index in [4.69, 9.17) is 4.74 Å². The van der Waals surface area contributed by atoms with Gasteiger partial charge in [-0.2, -0.15) is 0 Å². The Bertz CT molecular complexity index is 2020. The van der Waals surface area contributed by atoms with Crippen LogP contribution in [0.25, 0.3) is 6.08 Å². The van der Waals surface area contributed by atoms with Crippen LogP contribution in [-0.2, 0) is 9.59 Å². The number of carbonyl (C=O) groups is 4. The van der Waals surface area contributed by atoms with Gasteiger partial charge in [0.25, 0.3) is 11.8 Å². The molecule has 1 atom stereocenters. The number of benzene rings is 5. The normalized spacial score (nSPS) is 11.6. The van der Waals surface area contributed by atoms with Crippen molar-refractivity contribution < 1.29 is 34.1 Å². The molecule has 0 saturated carbocycles. The molecule has 246 valence electrons. The Morgan fingerprint density at radius 3 is 2.14 bits per heavy atom. The van der Waals surface area contributed by atoms with Crippen molar-refractivity contribution in [3.8, 4) is 11.5 Å². The number of carboxylic acids is 1. The van der Waals surface area contributed by atoms with Crippen molar-refractivity contribution in [2.45, 2.75) is 10.1 Å². The predicted octanol–water partition coefficient (Wildman–Crippen LogP) is 6.98. The summed E-state index contributed by atoms with van der Waals surface area (Å²) < 4.78 is 5.44. The first kappa shape index (κ1) is 34.0. The van der Waals surface area contributed by atoms with Gasteiger partial charge in [0.05, 0.1) is 7.11 Å². The lowest BCUT2D eigenvalue weighted by atomic mass is 10.1. The summed E-state index contributed by atoms with van der Waals surface area (Å²) in [7, 11) is 1.51. The standard InChI is InChI=1S/C38H31N3O7S/c1-48-33-18-9-8-15-26(33)21-31(41-35(43)25-13-6-3-7-14-25)36(44)39-27-16-10-17-29(22-27)49-34(24-11-4-2-5-12-24)37(45)40-28-19-20-32(42)30(23-28)38(46)47/h2-23,34,42H,1H3,(H,39,44)(H,40,45)(H,41,43)(H,46,47)/b31-21+. The van der Waals surface area contributed by atoms with E-state index in [2.05, 4.69) is 16.0 Å². The van der Waals surface area contributed by atoms with Crippen LogP contribution in [0, 0.1) is 0 Å². The topological polar surface area (TPSA) is 154 Å². The number of amides is 3. The number of hydrogen-bond acceptors (Lipinski definition) is 7. The van der Waals surface area contributed by atoms with Gasteiger partial charge in [0.2, 0.25) is 5.91 Å². The highest BCUT2D eigenvalue weighted by molar-refractivity contribution is 8.00. The first-order valence-electron chi connectivity index (χ1n) is 14.9. The Kier molecular flexibility index (Phi) is 11.1. The number of rotatable bonds is 12. The highest BCUT2D eigenvalue weighted by atomic mass is 32.2. The van der Waals surface area contributed by atoms with Crippen LogP contribution in [0.1, 0.15) is 37.1 Å². The summed E-state index contributed by atoms with van der Waals surface area (Å²) in [5.74, 6) is -2.73. The number of thioether (sulfide) groups is 1. The van der Waals surface area contributed by atoms with Gasteiger partial charge >= 0.3 is 5.97 Å². The summed E-state index contributed by atoms with van der Waals surface area (Å²) in [5.41, 5.74) is 1.88. The molecule has 1 unspecified atom stereocenters. The Labute approximate surface area is 286 Å². The molecular weight excluding hydrogens is 642 g/mol. The van der Waals surface area contributed by atoms with Crippen molar-refractivity contribution in [2.75, 3.05) is 17.7 Å². The van der Waals surface area contributed by atoms with Crippen molar-refractivity contribution in [3.05, 3.63) is 155 Å². The highest BCUT2D eigenvalue weighted by Crippen LogP contribution is 2.37. The van der Waals surface area contributed by atoms with E-state index in [1.54, 1.807) is 103 Å². The third-order valence-corrected chi connectivity index (χ3v) is 8.40. The fraction of sp³-hybridized carbons (Fsp3) is 0.0526. The molecule has 49 heavy (non-hydrogen) atoms. The Morgan fingerprint density at radius 2 is 1.43 bits per heavy atom. The molecule has 0 spiro atoms. The van der Waals surface area contributed by atoms with Crippen molar-refractivity contribution in [3.63, 3.8) is 0 Å². The summed E-state index contributed by atoms with van der Waals surface area (Å²) >= 11 is 1.22. The molecule has 0 aliphatic rings. The second-order valence-corrected chi connectivity index (χ2v) is 11.7. The van der Waals surface area contributed by atoms with Crippen LogP contribution in [0.4, 0.5) is 11.4 Å². The van der Waals surface area contributed by atoms with Crippen molar-refractivity contribution >= 4 is 52.9 Å². The molecule has 5 N–H and O–H groups in total. The summed E-state index contributed by atoms with van der Waals surface area (Å²) in [6.07, 6.45) is 1.53. The average Bonchev–Trinajstić information content (AvgIpc) is 3.12. The average molecular weight is 674 g/mol. The molecule has 3 amide bonds. The lowest BCUT2D eigenvalue weighted by Gasteiger charge is -2.18. The summed E-state index contributed by atoms with van der Waals surface area (Å²) in [4.78, 5) is 52.5. The largest absolute Gasteiger partial charge is 0.507 e. The maximum Gasteiger partial charge on any atom is 0.339 e. The molecule has 0 saturated heterocycles. The first-order valence-corrected chi connectivity index (χ1v) is 15.8. The van der Waals surface area contributed by atoms with Crippen LogP contribution in [0.2, 0.25) is 0 Å². The van der Waals surface area contributed by atoms with Crippen LogP contribution in [0.5, 0.6) is 11.5 Å². The molecule has 5 rings (SSSR count). The lowest BCUT2D eigenvalue weighted by Crippen LogP contribution is -2.30. The van der Waals surface area contributed by atoms with E-state index in [-0.39, 0.29) is 16.9 Å². The van der Waals surface area contributed by atoms with Gasteiger partial charge < -0.3 is 30.9 Å². The van der Waals surface area contributed by atoms with Crippen LogP contribution in [-0.4, -0.2) is 41.0 Å². The zero-order valence-electron chi connectivity index (χ0n) is 26.1. The molecule has 0 aliphatic carbocycles. The third-order valence-electron chi connectivity index (χ3n) is 7.15. The Morgan fingerprint density at radius 1 is 0.755 bits per heavy atom. The van der Waals surface area contributed by atoms with Crippen molar-refractivity contribution in [1.29, 1.82) is 0 Å². The summed E-state index contributed by atoms with van der Waals surface area (Å²) in [6, 6.07) is 35.3. The zero-order valence-corrected chi connectivity index (χ0v) is 26.9. The van der Waals surface area contributed by atoms with Gasteiger partial charge in [-0.15, -0.1) is 11.8 Å². The monoisotopic (exact) mass is 673 g/mol. The van der Waals surface area contributed by atoms with Gasteiger partial charge in [0.1, 0.15) is 28.0 Å². The van der Waals surface area contributed by atoms with Gasteiger partial charge in [0, 0.05) is 27.4 Å². The first-order chi connectivity index (χ1) is 23.7. The molecule has 0 heterocycles. The summed E-state index contributed by atoms with van der Waals surface area (Å²) in [5, 5.41) is 26.8. The maximum absolute atomic E-state index is 13.7. The number of anilines is 2. The number of methoxy groups -OCH3 is 1. The summed E-state index contributed by atoms with van der Waals surface area (Å²) in [6.45, 7) is 0. The second-order valence-electron chi connectivity index (χ2n) is 10.5. The third kappa shape index (κ3) is 8.93. The molecule has 0 bridgehead atoms. The fourth-order valence-electron chi connectivity index (χ4n) is 4.76. The van der Waals surface area contributed by atoms with Gasteiger partial charge in [-0.25, -0.2) is 4.79 Å².